The minimum atomic E-state index is 0.708. The molecule has 0 amide bonds. The molecule has 0 radical (unpaired) electrons. The average Bonchev–Trinajstić information content (AvgIpc) is 2.06. The summed E-state index contributed by atoms with van der Waals surface area (Å²) in [5.74, 6) is 0. The summed E-state index contributed by atoms with van der Waals surface area (Å²) in [4.78, 5) is 4.98. The van der Waals surface area contributed by atoms with Gasteiger partial charge >= 0.3 is 0 Å². The van der Waals surface area contributed by atoms with E-state index in [-0.39, 0.29) is 0 Å². The molecule has 2 fully saturated rings. The van der Waals surface area contributed by atoms with Gasteiger partial charge in [-0.2, -0.15) is 0 Å². The van der Waals surface area contributed by atoms with Gasteiger partial charge in [-0.1, -0.05) is 0 Å². The Bertz CT molecular complexity index is 153. The van der Waals surface area contributed by atoms with E-state index < -0.39 is 0 Å². The molecule has 0 saturated carbocycles. The van der Waals surface area contributed by atoms with Gasteiger partial charge in [0, 0.05) is 39.3 Å². The first-order chi connectivity index (χ1) is 6.40. The van der Waals surface area contributed by atoms with Gasteiger partial charge in [-0.15, -0.1) is 0 Å². The maximum absolute atomic E-state index is 5.52. The summed E-state index contributed by atoms with van der Waals surface area (Å²) in [7, 11) is 0. The molecule has 0 atom stereocenters. The van der Waals surface area contributed by atoms with E-state index in [4.69, 9.17) is 10.5 Å². The third-order valence-corrected chi connectivity index (χ3v) is 2.99. The van der Waals surface area contributed by atoms with Crippen LogP contribution in [-0.4, -0.2) is 68.3 Å². The third kappa shape index (κ3) is 2.20. The Morgan fingerprint density at radius 1 is 1.15 bits per heavy atom. The van der Waals surface area contributed by atoms with Crippen molar-refractivity contribution < 1.29 is 4.74 Å². The summed E-state index contributed by atoms with van der Waals surface area (Å²) in [6, 6.07) is 0.708. The lowest BCUT2D eigenvalue weighted by Crippen LogP contribution is -2.56. The monoisotopic (exact) mass is 185 g/mol. The second-order valence-electron chi connectivity index (χ2n) is 3.86. The van der Waals surface area contributed by atoms with Crippen LogP contribution in [0.15, 0.2) is 0 Å². The number of hydrogen-bond acceptors (Lipinski definition) is 4. The maximum Gasteiger partial charge on any atom is 0.0645 e. The molecule has 2 heterocycles. The fraction of sp³-hybridized carbons (Fsp3) is 1.00. The van der Waals surface area contributed by atoms with Gasteiger partial charge in [-0.3, -0.25) is 9.80 Å². The molecule has 0 aliphatic carbocycles. The van der Waals surface area contributed by atoms with Crippen molar-refractivity contribution >= 4 is 0 Å². The van der Waals surface area contributed by atoms with E-state index >= 15 is 0 Å². The van der Waals surface area contributed by atoms with Crippen LogP contribution < -0.4 is 5.73 Å². The second-order valence-corrected chi connectivity index (χ2v) is 3.86. The zero-order chi connectivity index (χ0) is 9.10. The molecule has 2 N–H and O–H groups in total. The molecule has 13 heavy (non-hydrogen) atoms. The van der Waals surface area contributed by atoms with Crippen LogP contribution in [0.25, 0.3) is 0 Å². The van der Waals surface area contributed by atoms with Gasteiger partial charge in [-0.25, -0.2) is 0 Å². The molecule has 0 unspecified atom stereocenters. The Labute approximate surface area is 79.6 Å². The molecule has 0 aromatic carbocycles. The van der Waals surface area contributed by atoms with Gasteiger partial charge in [0.2, 0.25) is 0 Å². The van der Waals surface area contributed by atoms with Gasteiger partial charge in [0.05, 0.1) is 19.3 Å². The molecule has 2 rings (SSSR count). The Morgan fingerprint density at radius 3 is 2.31 bits per heavy atom. The summed E-state index contributed by atoms with van der Waals surface area (Å²) in [5.41, 5.74) is 5.52. The molecular weight excluding hydrogens is 166 g/mol. The van der Waals surface area contributed by atoms with Crippen molar-refractivity contribution in [2.24, 2.45) is 5.73 Å². The fourth-order valence-corrected chi connectivity index (χ4v) is 1.97. The largest absolute Gasteiger partial charge is 0.378 e. The summed E-state index contributed by atoms with van der Waals surface area (Å²) < 4.78 is 5.19. The van der Waals surface area contributed by atoms with Crippen LogP contribution in [0, 0.1) is 0 Å². The molecule has 2 aliphatic heterocycles. The van der Waals surface area contributed by atoms with Crippen molar-refractivity contribution in [1.29, 1.82) is 0 Å². The molecule has 0 spiro atoms. The van der Waals surface area contributed by atoms with Crippen molar-refractivity contribution in [2.75, 3.05) is 52.5 Å². The van der Waals surface area contributed by atoms with Crippen LogP contribution in [0.5, 0.6) is 0 Å². The number of nitrogens with two attached hydrogens (primary N) is 1. The quantitative estimate of drug-likeness (QED) is 0.610. The molecular formula is C9H19N3O. The Kier molecular flexibility index (Phi) is 3.16. The van der Waals surface area contributed by atoms with Gasteiger partial charge in [0.15, 0.2) is 0 Å². The van der Waals surface area contributed by atoms with Crippen molar-refractivity contribution in [3.63, 3.8) is 0 Å². The van der Waals surface area contributed by atoms with E-state index in [0.29, 0.717) is 6.04 Å². The zero-order valence-corrected chi connectivity index (χ0v) is 8.11. The van der Waals surface area contributed by atoms with E-state index in [0.717, 1.165) is 26.3 Å². The number of hydrogen-bond donors (Lipinski definition) is 1. The lowest BCUT2D eigenvalue weighted by molar-refractivity contribution is -0.0766. The summed E-state index contributed by atoms with van der Waals surface area (Å²) in [6.07, 6.45) is 0. The normalized spacial score (nSPS) is 27.5. The highest BCUT2D eigenvalue weighted by atomic mass is 16.5. The predicted octanol–water partition coefficient (Wildman–Crippen LogP) is -1.04. The highest BCUT2D eigenvalue weighted by Crippen LogP contribution is 2.12. The summed E-state index contributed by atoms with van der Waals surface area (Å²) >= 11 is 0. The standard InChI is InChI=1S/C9H19N3O/c10-1-2-11-3-5-12(6-4-11)9-7-13-8-9/h9H,1-8,10H2. The van der Waals surface area contributed by atoms with E-state index in [2.05, 4.69) is 9.80 Å². The minimum absolute atomic E-state index is 0.708. The molecule has 0 aromatic rings. The van der Waals surface area contributed by atoms with Crippen LogP contribution in [0.2, 0.25) is 0 Å². The molecule has 2 aliphatic rings. The number of ether oxygens (including phenoxy) is 1. The van der Waals surface area contributed by atoms with Crippen LogP contribution >= 0.6 is 0 Å². The first-order valence-electron chi connectivity index (χ1n) is 5.14. The summed E-state index contributed by atoms with van der Waals surface area (Å²) in [5, 5.41) is 0. The molecule has 0 aromatic heterocycles. The Hall–Kier alpha value is -0.160. The first-order valence-corrected chi connectivity index (χ1v) is 5.14. The van der Waals surface area contributed by atoms with Crippen LogP contribution in [-0.2, 0) is 4.74 Å². The zero-order valence-electron chi connectivity index (χ0n) is 8.11. The van der Waals surface area contributed by atoms with Gasteiger partial charge in [-0.05, 0) is 0 Å². The summed E-state index contributed by atoms with van der Waals surface area (Å²) in [6.45, 7) is 8.44. The highest BCUT2D eigenvalue weighted by Gasteiger charge is 2.28. The van der Waals surface area contributed by atoms with Gasteiger partial charge in [0.25, 0.3) is 0 Å². The third-order valence-electron chi connectivity index (χ3n) is 2.99. The predicted molar refractivity (Wildman–Crippen MR) is 51.7 cm³/mol. The minimum Gasteiger partial charge on any atom is -0.378 e. The van der Waals surface area contributed by atoms with Gasteiger partial charge in [0.1, 0.15) is 0 Å². The Morgan fingerprint density at radius 2 is 1.85 bits per heavy atom. The van der Waals surface area contributed by atoms with E-state index in [1.54, 1.807) is 0 Å². The maximum atomic E-state index is 5.52. The second kappa shape index (κ2) is 4.37. The molecule has 0 bridgehead atoms. The van der Waals surface area contributed by atoms with Crippen molar-refractivity contribution in [2.45, 2.75) is 6.04 Å². The van der Waals surface area contributed by atoms with Crippen LogP contribution in [0.3, 0.4) is 0 Å². The van der Waals surface area contributed by atoms with Crippen molar-refractivity contribution in [3.05, 3.63) is 0 Å². The molecule has 4 heteroatoms. The van der Waals surface area contributed by atoms with Gasteiger partial charge < -0.3 is 10.5 Å². The SMILES string of the molecule is NCCN1CCN(C2COC2)CC1. The fourth-order valence-electron chi connectivity index (χ4n) is 1.97. The molecule has 2 saturated heterocycles. The van der Waals surface area contributed by atoms with E-state index in [1.807, 2.05) is 0 Å². The lowest BCUT2D eigenvalue weighted by Gasteiger charge is -2.42. The first kappa shape index (κ1) is 9.40. The van der Waals surface area contributed by atoms with Crippen molar-refractivity contribution in [1.82, 2.24) is 9.80 Å². The molecule has 76 valence electrons. The lowest BCUT2D eigenvalue weighted by atomic mass is 10.2. The van der Waals surface area contributed by atoms with Crippen molar-refractivity contribution in [3.8, 4) is 0 Å². The number of rotatable bonds is 3. The topological polar surface area (TPSA) is 41.7 Å². The van der Waals surface area contributed by atoms with Crippen LogP contribution in [0.1, 0.15) is 0 Å². The molecule has 4 nitrogen and oxygen atoms in total. The average molecular weight is 185 g/mol. The van der Waals surface area contributed by atoms with Crippen LogP contribution in [0.4, 0.5) is 0 Å². The Balaban J connectivity index is 1.69. The van der Waals surface area contributed by atoms with E-state index in [9.17, 15) is 0 Å². The smallest absolute Gasteiger partial charge is 0.0645 e. The van der Waals surface area contributed by atoms with E-state index in [1.165, 1.54) is 26.2 Å². The number of nitrogens with zero attached hydrogens (tertiary/aromatic N) is 2. The highest BCUT2D eigenvalue weighted by molar-refractivity contribution is 4.82. The number of piperazine rings is 1.